The van der Waals surface area contributed by atoms with E-state index in [-0.39, 0.29) is 0 Å². The zero-order chi connectivity index (χ0) is 14.1. The molecule has 1 aromatic carbocycles. The predicted octanol–water partition coefficient (Wildman–Crippen LogP) is 2.61. The lowest BCUT2D eigenvalue weighted by atomic mass is 10.2. The molecular weight excluding hydrogens is 242 g/mol. The van der Waals surface area contributed by atoms with Crippen LogP contribution in [0.25, 0.3) is 0 Å². The van der Waals surface area contributed by atoms with Crippen LogP contribution < -0.4 is 14.8 Å². The highest BCUT2D eigenvalue weighted by atomic mass is 16.5. The first-order chi connectivity index (χ1) is 9.17. The second-order valence-electron chi connectivity index (χ2n) is 4.72. The molecule has 0 bridgehead atoms. The molecule has 19 heavy (non-hydrogen) atoms. The summed E-state index contributed by atoms with van der Waals surface area (Å²) in [6.45, 7) is 6.43. The molecule has 0 heterocycles. The lowest BCUT2D eigenvalue weighted by Gasteiger charge is -2.13. The molecular formula is C15H25NO3. The molecule has 0 saturated carbocycles. The van der Waals surface area contributed by atoms with Crippen LogP contribution in [-0.4, -0.2) is 33.5 Å². The van der Waals surface area contributed by atoms with Crippen LogP contribution in [0.3, 0.4) is 0 Å². The van der Waals surface area contributed by atoms with Crippen molar-refractivity contribution >= 4 is 0 Å². The molecule has 4 nitrogen and oxygen atoms in total. The summed E-state index contributed by atoms with van der Waals surface area (Å²) in [4.78, 5) is 0. The number of nitrogens with one attached hydrogen (secondary N) is 1. The maximum atomic E-state index is 5.74. The molecule has 0 unspecified atom stereocenters. The highest BCUT2D eigenvalue weighted by molar-refractivity contribution is 5.42. The Labute approximate surface area is 116 Å². The Hall–Kier alpha value is -1.26. The third-order valence-corrected chi connectivity index (χ3v) is 2.69. The molecule has 1 rings (SSSR count). The summed E-state index contributed by atoms with van der Waals surface area (Å²) >= 11 is 0. The van der Waals surface area contributed by atoms with E-state index in [1.807, 2.05) is 12.1 Å². The van der Waals surface area contributed by atoms with Crippen molar-refractivity contribution in [3.63, 3.8) is 0 Å². The minimum Gasteiger partial charge on any atom is -0.493 e. The number of ether oxygens (including phenoxy) is 3. The number of rotatable bonds is 9. The van der Waals surface area contributed by atoms with E-state index in [4.69, 9.17) is 14.2 Å². The van der Waals surface area contributed by atoms with Gasteiger partial charge >= 0.3 is 0 Å². The summed E-state index contributed by atoms with van der Waals surface area (Å²) in [5.74, 6) is 1.56. The normalized spacial score (nSPS) is 10.8. The number of hydrogen-bond donors (Lipinski definition) is 1. The van der Waals surface area contributed by atoms with Gasteiger partial charge in [-0.15, -0.1) is 0 Å². The van der Waals surface area contributed by atoms with E-state index in [1.165, 1.54) is 5.56 Å². The van der Waals surface area contributed by atoms with Crippen LogP contribution in [0.4, 0.5) is 0 Å². The highest BCUT2D eigenvalue weighted by Crippen LogP contribution is 2.28. The molecule has 0 aromatic heterocycles. The number of methoxy groups -OCH3 is 2. The third kappa shape index (κ3) is 5.94. The molecule has 0 aliphatic carbocycles. The molecule has 0 saturated heterocycles. The van der Waals surface area contributed by atoms with Gasteiger partial charge in [-0.2, -0.15) is 0 Å². The highest BCUT2D eigenvalue weighted by Gasteiger charge is 2.06. The standard InChI is InChI=1S/C15H25NO3/c1-12(2)16-11-13-6-7-14(18-4)15(10-13)19-9-5-8-17-3/h6-7,10,12,16H,5,8-9,11H2,1-4H3. The van der Waals surface area contributed by atoms with E-state index in [2.05, 4.69) is 25.2 Å². The Balaban J connectivity index is 2.61. The van der Waals surface area contributed by atoms with Gasteiger partial charge in [-0.25, -0.2) is 0 Å². The molecule has 1 aromatic rings. The van der Waals surface area contributed by atoms with E-state index >= 15 is 0 Å². The molecule has 1 N–H and O–H groups in total. The number of benzene rings is 1. The summed E-state index contributed by atoms with van der Waals surface area (Å²) in [6, 6.07) is 6.49. The zero-order valence-corrected chi connectivity index (χ0v) is 12.4. The van der Waals surface area contributed by atoms with Crippen molar-refractivity contribution in [2.75, 3.05) is 27.4 Å². The average molecular weight is 267 g/mol. The van der Waals surface area contributed by atoms with Gasteiger partial charge in [0.1, 0.15) is 0 Å². The maximum absolute atomic E-state index is 5.74. The summed E-state index contributed by atoms with van der Waals surface area (Å²) in [5, 5.41) is 3.39. The van der Waals surface area contributed by atoms with Crippen molar-refractivity contribution in [2.45, 2.75) is 32.9 Å². The van der Waals surface area contributed by atoms with Crippen LogP contribution in [0, 0.1) is 0 Å². The fourth-order valence-corrected chi connectivity index (χ4v) is 1.65. The van der Waals surface area contributed by atoms with Gasteiger partial charge in [0.2, 0.25) is 0 Å². The summed E-state index contributed by atoms with van der Waals surface area (Å²) < 4.78 is 16.1. The van der Waals surface area contributed by atoms with Gasteiger partial charge in [-0.1, -0.05) is 19.9 Å². The van der Waals surface area contributed by atoms with Crippen molar-refractivity contribution in [2.24, 2.45) is 0 Å². The lowest BCUT2D eigenvalue weighted by molar-refractivity contribution is 0.170. The first-order valence-corrected chi connectivity index (χ1v) is 6.69. The van der Waals surface area contributed by atoms with E-state index in [0.717, 1.165) is 24.5 Å². The average Bonchev–Trinajstić information content (AvgIpc) is 2.41. The maximum Gasteiger partial charge on any atom is 0.161 e. The van der Waals surface area contributed by atoms with Crippen molar-refractivity contribution in [1.82, 2.24) is 5.32 Å². The van der Waals surface area contributed by atoms with E-state index in [0.29, 0.717) is 19.3 Å². The van der Waals surface area contributed by atoms with Crippen LogP contribution in [0.2, 0.25) is 0 Å². The topological polar surface area (TPSA) is 39.7 Å². The second-order valence-corrected chi connectivity index (χ2v) is 4.72. The quantitative estimate of drug-likeness (QED) is 0.698. The first kappa shape index (κ1) is 15.8. The van der Waals surface area contributed by atoms with Gasteiger partial charge in [0.05, 0.1) is 13.7 Å². The minimum atomic E-state index is 0.466. The monoisotopic (exact) mass is 267 g/mol. The van der Waals surface area contributed by atoms with E-state index < -0.39 is 0 Å². The Morgan fingerprint density at radius 3 is 2.53 bits per heavy atom. The Morgan fingerprint density at radius 1 is 1.11 bits per heavy atom. The first-order valence-electron chi connectivity index (χ1n) is 6.69. The van der Waals surface area contributed by atoms with Crippen molar-refractivity contribution < 1.29 is 14.2 Å². The molecule has 108 valence electrons. The van der Waals surface area contributed by atoms with Crippen LogP contribution in [0.1, 0.15) is 25.8 Å². The molecule has 0 aliphatic heterocycles. The fourth-order valence-electron chi connectivity index (χ4n) is 1.65. The second kappa shape index (κ2) is 8.77. The van der Waals surface area contributed by atoms with Crippen molar-refractivity contribution in [3.05, 3.63) is 23.8 Å². The molecule has 0 fully saturated rings. The van der Waals surface area contributed by atoms with Gasteiger partial charge in [-0.05, 0) is 17.7 Å². The molecule has 0 amide bonds. The summed E-state index contributed by atoms with van der Waals surface area (Å²) in [7, 11) is 3.35. The molecule has 0 spiro atoms. The summed E-state index contributed by atoms with van der Waals surface area (Å²) in [6.07, 6.45) is 0.869. The fraction of sp³-hybridized carbons (Fsp3) is 0.600. The molecule has 0 aliphatic rings. The Morgan fingerprint density at radius 2 is 1.89 bits per heavy atom. The van der Waals surface area contributed by atoms with Crippen LogP contribution >= 0.6 is 0 Å². The van der Waals surface area contributed by atoms with Gasteiger partial charge < -0.3 is 19.5 Å². The van der Waals surface area contributed by atoms with Crippen molar-refractivity contribution in [3.8, 4) is 11.5 Å². The van der Waals surface area contributed by atoms with Gasteiger partial charge in [0, 0.05) is 32.7 Å². The van der Waals surface area contributed by atoms with Gasteiger partial charge in [0.15, 0.2) is 11.5 Å². The third-order valence-electron chi connectivity index (χ3n) is 2.69. The SMILES string of the molecule is COCCCOc1cc(CNC(C)C)ccc1OC. The smallest absolute Gasteiger partial charge is 0.161 e. The Kier molecular flexibility index (Phi) is 7.30. The van der Waals surface area contributed by atoms with Crippen molar-refractivity contribution in [1.29, 1.82) is 0 Å². The largest absolute Gasteiger partial charge is 0.493 e. The van der Waals surface area contributed by atoms with Crippen LogP contribution in [-0.2, 0) is 11.3 Å². The predicted molar refractivity (Wildman–Crippen MR) is 77.0 cm³/mol. The molecule has 0 radical (unpaired) electrons. The van der Waals surface area contributed by atoms with Crippen LogP contribution in [0.5, 0.6) is 11.5 Å². The van der Waals surface area contributed by atoms with E-state index in [1.54, 1.807) is 14.2 Å². The molecule has 4 heteroatoms. The van der Waals surface area contributed by atoms with Gasteiger partial charge in [-0.3, -0.25) is 0 Å². The Bertz CT molecular complexity index is 366. The van der Waals surface area contributed by atoms with E-state index in [9.17, 15) is 0 Å². The number of hydrogen-bond acceptors (Lipinski definition) is 4. The summed E-state index contributed by atoms with van der Waals surface area (Å²) in [5.41, 5.74) is 1.19. The van der Waals surface area contributed by atoms with Crippen LogP contribution in [0.15, 0.2) is 18.2 Å². The minimum absolute atomic E-state index is 0.466. The zero-order valence-electron chi connectivity index (χ0n) is 12.4. The van der Waals surface area contributed by atoms with Gasteiger partial charge in [0.25, 0.3) is 0 Å². The molecule has 0 atom stereocenters. The lowest BCUT2D eigenvalue weighted by Crippen LogP contribution is -2.21.